The first kappa shape index (κ1) is 11.6. The van der Waals surface area contributed by atoms with E-state index >= 15 is 0 Å². The second-order valence-electron chi connectivity index (χ2n) is 4.44. The zero-order chi connectivity index (χ0) is 10.5. The minimum atomic E-state index is 0.681. The maximum absolute atomic E-state index is 5.78. The van der Waals surface area contributed by atoms with Gasteiger partial charge in [-0.15, -0.1) is 11.6 Å². The largest absolute Gasteiger partial charge is 0.380 e. The van der Waals surface area contributed by atoms with Crippen molar-refractivity contribution in [1.29, 1.82) is 0 Å². The molecule has 15 heavy (non-hydrogen) atoms. The van der Waals surface area contributed by atoms with Crippen LogP contribution < -0.4 is 0 Å². The minimum absolute atomic E-state index is 0.681. The summed E-state index contributed by atoms with van der Waals surface area (Å²) < 4.78 is 5.45. The van der Waals surface area contributed by atoms with E-state index in [4.69, 9.17) is 16.3 Å². The molecule has 2 heterocycles. The van der Waals surface area contributed by atoms with E-state index in [0.717, 1.165) is 25.6 Å². The third-order valence-corrected chi connectivity index (χ3v) is 3.61. The summed E-state index contributed by atoms with van der Waals surface area (Å²) in [5.41, 5.74) is 0. The molecule has 0 aromatic heterocycles. The lowest BCUT2D eigenvalue weighted by atomic mass is 10.2. The summed E-state index contributed by atoms with van der Waals surface area (Å²) in [6.07, 6.45) is 2.49. The van der Waals surface area contributed by atoms with Crippen LogP contribution in [0.1, 0.15) is 12.8 Å². The van der Waals surface area contributed by atoms with Gasteiger partial charge in [-0.25, -0.2) is 0 Å². The topological polar surface area (TPSA) is 15.7 Å². The van der Waals surface area contributed by atoms with Crippen molar-refractivity contribution in [2.75, 3.05) is 51.8 Å². The fourth-order valence-corrected chi connectivity index (χ4v) is 2.75. The number of hydrogen-bond donors (Lipinski definition) is 0. The first-order chi connectivity index (χ1) is 7.40. The first-order valence-electron chi connectivity index (χ1n) is 6.00. The minimum Gasteiger partial charge on any atom is -0.380 e. The van der Waals surface area contributed by atoms with E-state index < -0.39 is 0 Å². The summed E-state index contributed by atoms with van der Waals surface area (Å²) in [6, 6.07) is 0.681. The molecule has 3 nitrogen and oxygen atoms in total. The molecule has 0 N–H and O–H groups in total. The molecule has 0 aromatic carbocycles. The van der Waals surface area contributed by atoms with Crippen molar-refractivity contribution in [2.24, 2.45) is 0 Å². The van der Waals surface area contributed by atoms with Gasteiger partial charge in [0.2, 0.25) is 0 Å². The van der Waals surface area contributed by atoms with Gasteiger partial charge in [0.05, 0.1) is 6.61 Å². The van der Waals surface area contributed by atoms with Gasteiger partial charge in [-0.3, -0.25) is 4.90 Å². The molecule has 2 aliphatic heterocycles. The lowest BCUT2D eigenvalue weighted by Crippen LogP contribution is -2.38. The number of halogens is 1. The molecule has 1 unspecified atom stereocenters. The summed E-state index contributed by atoms with van der Waals surface area (Å²) >= 11 is 5.78. The van der Waals surface area contributed by atoms with Crippen molar-refractivity contribution < 1.29 is 4.74 Å². The maximum atomic E-state index is 5.78. The fraction of sp³-hybridized carbons (Fsp3) is 1.00. The Bertz CT molecular complexity index is 185. The third-order valence-electron chi connectivity index (χ3n) is 3.45. The Balaban J connectivity index is 1.78. The average molecular weight is 233 g/mol. The molecule has 0 amide bonds. The molecular formula is C11H21ClN2O. The predicted molar refractivity (Wildman–Crippen MR) is 62.6 cm³/mol. The zero-order valence-electron chi connectivity index (χ0n) is 9.33. The van der Waals surface area contributed by atoms with Crippen LogP contribution in [0.25, 0.3) is 0 Å². The van der Waals surface area contributed by atoms with E-state index in [1.807, 2.05) is 0 Å². The van der Waals surface area contributed by atoms with Crippen LogP contribution in [0.4, 0.5) is 0 Å². The van der Waals surface area contributed by atoms with Crippen LogP contribution in [-0.2, 0) is 4.74 Å². The van der Waals surface area contributed by atoms with Crippen molar-refractivity contribution in [1.82, 2.24) is 9.80 Å². The van der Waals surface area contributed by atoms with Crippen LogP contribution in [0.3, 0.4) is 0 Å². The van der Waals surface area contributed by atoms with E-state index in [0.29, 0.717) is 6.04 Å². The van der Waals surface area contributed by atoms with Gasteiger partial charge in [0.25, 0.3) is 0 Å². The van der Waals surface area contributed by atoms with Gasteiger partial charge < -0.3 is 9.64 Å². The van der Waals surface area contributed by atoms with Crippen LogP contribution in [0.5, 0.6) is 0 Å². The van der Waals surface area contributed by atoms with Crippen LogP contribution >= 0.6 is 11.6 Å². The van der Waals surface area contributed by atoms with E-state index in [1.54, 1.807) is 0 Å². The van der Waals surface area contributed by atoms with Crippen molar-refractivity contribution in [3.05, 3.63) is 0 Å². The van der Waals surface area contributed by atoms with Gasteiger partial charge in [0, 0.05) is 38.2 Å². The second-order valence-corrected chi connectivity index (χ2v) is 4.82. The summed E-state index contributed by atoms with van der Waals surface area (Å²) in [5, 5.41) is 0. The molecular weight excluding hydrogens is 212 g/mol. The van der Waals surface area contributed by atoms with E-state index in [-0.39, 0.29) is 0 Å². The molecule has 0 spiro atoms. The monoisotopic (exact) mass is 232 g/mol. The van der Waals surface area contributed by atoms with Crippen LogP contribution in [0.2, 0.25) is 0 Å². The molecule has 0 radical (unpaired) electrons. The molecule has 0 aliphatic carbocycles. The van der Waals surface area contributed by atoms with Crippen LogP contribution in [0, 0.1) is 0 Å². The van der Waals surface area contributed by atoms with Gasteiger partial charge in [0.1, 0.15) is 0 Å². The smallest absolute Gasteiger partial charge is 0.0622 e. The van der Waals surface area contributed by atoms with Crippen molar-refractivity contribution in [3.8, 4) is 0 Å². The predicted octanol–water partition coefficient (Wildman–Crippen LogP) is 1.02. The number of nitrogens with zero attached hydrogens (tertiary/aromatic N) is 2. The van der Waals surface area contributed by atoms with E-state index in [2.05, 4.69) is 9.80 Å². The Morgan fingerprint density at radius 2 is 2.13 bits per heavy atom. The average Bonchev–Trinajstić information content (AvgIpc) is 2.67. The third kappa shape index (κ3) is 3.31. The molecule has 2 rings (SSSR count). The normalized spacial score (nSPS) is 30.6. The maximum Gasteiger partial charge on any atom is 0.0622 e. The zero-order valence-corrected chi connectivity index (χ0v) is 10.1. The molecule has 88 valence electrons. The Labute approximate surface area is 97.3 Å². The molecule has 0 saturated carbocycles. The Hall–Kier alpha value is 0.170. The molecule has 4 heteroatoms. The Kier molecular flexibility index (Phi) is 4.69. The lowest BCUT2D eigenvalue weighted by molar-refractivity contribution is 0.145. The SMILES string of the molecule is ClCCN1CCCN(C2CCOC2)CC1. The molecule has 2 aliphatic rings. The van der Waals surface area contributed by atoms with Gasteiger partial charge in [0.15, 0.2) is 0 Å². The summed E-state index contributed by atoms with van der Waals surface area (Å²) in [6.45, 7) is 7.72. The number of rotatable bonds is 3. The Morgan fingerprint density at radius 1 is 1.20 bits per heavy atom. The highest BCUT2D eigenvalue weighted by Gasteiger charge is 2.24. The number of hydrogen-bond acceptors (Lipinski definition) is 3. The van der Waals surface area contributed by atoms with Gasteiger partial charge in [-0.05, 0) is 25.9 Å². The highest BCUT2D eigenvalue weighted by Crippen LogP contribution is 2.14. The van der Waals surface area contributed by atoms with Gasteiger partial charge in [-0.1, -0.05) is 0 Å². The van der Waals surface area contributed by atoms with Crippen molar-refractivity contribution in [3.63, 3.8) is 0 Å². The molecule has 1 atom stereocenters. The second kappa shape index (κ2) is 6.04. The lowest BCUT2D eigenvalue weighted by Gasteiger charge is -2.26. The highest BCUT2D eigenvalue weighted by atomic mass is 35.5. The van der Waals surface area contributed by atoms with Gasteiger partial charge >= 0.3 is 0 Å². The molecule has 2 fully saturated rings. The summed E-state index contributed by atoms with van der Waals surface area (Å²) in [7, 11) is 0. The molecule has 0 bridgehead atoms. The molecule has 2 saturated heterocycles. The Morgan fingerprint density at radius 3 is 2.87 bits per heavy atom. The molecule has 0 aromatic rings. The van der Waals surface area contributed by atoms with Crippen molar-refractivity contribution >= 4 is 11.6 Å². The van der Waals surface area contributed by atoms with E-state index in [9.17, 15) is 0 Å². The van der Waals surface area contributed by atoms with Crippen LogP contribution in [0.15, 0.2) is 0 Å². The first-order valence-corrected chi connectivity index (χ1v) is 6.53. The van der Waals surface area contributed by atoms with Gasteiger partial charge in [-0.2, -0.15) is 0 Å². The fourth-order valence-electron chi connectivity index (χ4n) is 2.51. The number of ether oxygens (including phenoxy) is 1. The summed E-state index contributed by atoms with van der Waals surface area (Å²) in [5.74, 6) is 0.756. The van der Waals surface area contributed by atoms with E-state index in [1.165, 1.54) is 39.0 Å². The van der Waals surface area contributed by atoms with Crippen molar-refractivity contribution in [2.45, 2.75) is 18.9 Å². The highest BCUT2D eigenvalue weighted by molar-refractivity contribution is 6.18. The number of alkyl halides is 1. The van der Waals surface area contributed by atoms with Crippen LogP contribution in [-0.4, -0.2) is 67.7 Å². The summed E-state index contributed by atoms with van der Waals surface area (Å²) in [4.78, 5) is 5.07. The standard InChI is InChI=1S/C11H21ClN2O/c12-3-6-13-4-1-5-14(8-7-13)11-2-9-15-10-11/h11H,1-10H2. The quantitative estimate of drug-likeness (QED) is 0.676.